The molecule has 0 aromatic carbocycles. The molecule has 1 heterocycles. The Bertz CT molecular complexity index is 525. The van der Waals surface area contributed by atoms with Crippen molar-refractivity contribution in [3.63, 3.8) is 0 Å². The molecule has 126 valence electrons. The van der Waals surface area contributed by atoms with Crippen molar-refractivity contribution in [2.24, 2.45) is 0 Å². The lowest BCUT2D eigenvalue weighted by atomic mass is 9.95. The molecule has 5 nitrogen and oxygen atoms in total. The lowest BCUT2D eigenvalue weighted by Crippen LogP contribution is -2.37. The minimum Gasteiger partial charge on any atom is -0.351 e. The zero-order chi connectivity index (χ0) is 16.5. The standard InChI is InChI=1S/C18H27N3O2/c1-2-3-7-13-19-17(22)15-11-8-12-16(21-15)18(23)20-14-9-5-4-6-10-14/h8,11-12,14H,2-7,9-10,13H2,1H3,(H,19,22)(H,20,23). The average molecular weight is 317 g/mol. The minimum atomic E-state index is -0.214. The quantitative estimate of drug-likeness (QED) is 0.759. The number of nitrogens with one attached hydrogen (secondary N) is 2. The van der Waals surface area contributed by atoms with Crippen LogP contribution in [-0.2, 0) is 0 Å². The van der Waals surface area contributed by atoms with E-state index >= 15 is 0 Å². The Balaban J connectivity index is 1.90. The van der Waals surface area contributed by atoms with Crippen LogP contribution in [0.25, 0.3) is 0 Å². The predicted molar refractivity (Wildman–Crippen MR) is 90.4 cm³/mol. The summed E-state index contributed by atoms with van der Waals surface area (Å²) in [5, 5.41) is 5.88. The van der Waals surface area contributed by atoms with Gasteiger partial charge in [0.25, 0.3) is 11.8 Å². The Morgan fingerprint density at radius 1 is 1.09 bits per heavy atom. The second-order valence-electron chi connectivity index (χ2n) is 6.18. The summed E-state index contributed by atoms with van der Waals surface area (Å²) in [6.45, 7) is 2.77. The summed E-state index contributed by atoms with van der Waals surface area (Å²) in [6, 6.07) is 5.26. The molecule has 1 aliphatic rings. The van der Waals surface area contributed by atoms with E-state index in [0.717, 1.165) is 32.1 Å². The van der Waals surface area contributed by atoms with Crippen molar-refractivity contribution in [1.29, 1.82) is 0 Å². The Morgan fingerprint density at radius 2 is 1.78 bits per heavy atom. The topological polar surface area (TPSA) is 71.1 Å². The molecule has 2 N–H and O–H groups in total. The molecule has 1 aliphatic carbocycles. The van der Waals surface area contributed by atoms with Gasteiger partial charge >= 0.3 is 0 Å². The van der Waals surface area contributed by atoms with E-state index in [-0.39, 0.29) is 17.9 Å². The number of carbonyl (C=O) groups excluding carboxylic acids is 2. The first-order valence-electron chi connectivity index (χ1n) is 8.77. The van der Waals surface area contributed by atoms with E-state index in [4.69, 9.17) is 0 Å². The zero-order valence-electron chi connectivity index (χ0n) is 13.9. The normalized spacial score (nSPS) is 15.2. The maximum atomic E-state index is 12.3. The van der Waals surface area contributed by atoms with Crippen LogP contribution in [0.2, 0.25) is 0 Å². The van der Waals surface area contributed by atoms with E-state index in [1.165, 1.54) is 19.3 Å². The molecule has 0 unspecified atom stereocenters. The number of aromatic nitrogens is 1. The molecule has 0 spiro atoms. The highest BCUT2D eigenvalue weighted by molar-refractivity contribution is 5.96. The Kier molecular flexibility index (Phi) is 7.04. The van der Waals surface area contributed by atoms with Crippen molar-refractivity contribution in [3.05, 3.63) is 29.6 Å². The monoisotopic (exact) mass is 317 g/mol. The largest absolute Gasteiger partial charge is 0.351 e. The molecule has 1 saturated carbocycles. The fourth-order valence-corrected chi connectivity index (χ4v) is 2.86. The van der Waals surface area contributed by atoms with Gasteiger partial charge in [-0.15, -0.1) is 0 Å². The molecular formula is C18H27N3O2. The van der Waals surface area contributed by atoms with Gasteiger partial charge in [0.2, 0.25) is 0 Å². The second kappa shape index (κ2) is 9.28. The van der Waals surface area contributed by atoms with Gasteiger partial charge in [-0.3, -0.25) is 9.59 Å². The highest BCUT2D eigenvalue weighted by atomic mass is 16.2. The molecule has 1 aromatic heterocycles. The van der Waals surface area contributed by atoms with Gasteiger partial charge in [-0.1, -0.05) is 45.1 Å². The third kappa shape index (κ3) is 5.66. The fourth-order valence-electron chi connectivity index (χ4n) is 2.86. The highest BCUT2D eigenvalue weighted by Gasteiger charge is 2.18. The molecule has 0 saturated heterocycles. The number of hydrogen-bond donors (Lipinski definition) is 2. The summed E-state index contributed by atoms with van der Waals surface area (Å²) in [5.41, 5.74) is 0.620. The molecule has 0 aliphatic heterocycles. The molecule has 2 amide bonds. The van der Waals surface area contributed by atoms with Crippen molar-refractivity contribution in [1.82, 2.24) is 15.6 Å². The lowest BCUT2D eigenvalue weighted by molar-refractivity contribution is 0.0922. The van der Waals surface area contributed by atoms with E-state index < -0.39 is 0 Å². The van der Waals surface area contributed by atoms with Crippen LogP contribution in [-0.4, -0.2) is 29.4 Å². The summed E-state index contributed by atoms with van der Waals surface area (Å²) in [6.07, 6.45) is 8.81. The molecule has 2 rings (SSSR count). The van der Waals surface area contributed by atoms with E-state index in [1.54, 1.807) is 18.2 Å². The first-order chi connectivity index (χ1) is 11.2. The van der Waals surface area contributed by atoms with E-state index in [2.05, 4.69) is 22.5 Å². The van der Waals surface area contributed by atoms with Gasteiger partial charge in [0.1, 0.15) is 11.4 Å². The van der Waals surface area contributed by atoms with Crippen molar-refractivity contribution in [3.8, 4) is 0 Å². The third-order valence-corrected chi connectivity index (χ3v) is 4.22. The van der Waals surface area contributed by atoms with E-state index in [0.29, 0.717) is 17.9 Å². The van der Waals surface area contributed by atoms with Gasteiger partial charge in [0, 0.05) is 12.6 Å². The van der Waals surface area contributed by atoms with Gasteiger partial charge in [0.05, 0.1) is 0 Å². The summed E-state index contributed by atoms with van der Waals surface area (Å²) in [4.78, 5) is 28.6. The minimum absolute atomic E-state index is 0.183. The number of unbranched alkanes of at least 4 members (excludes halogenated alkanes) is 2. The molecule has 0 radical (unpaired) electrons. The average Bonchev–Trinajstić information content (AvgIpc) is 2.59. The van der Waals surface area contributed by atoms with Gasteiger partial charge in [-0.25, -0.2) is 4.98 Å². The van der Waals surface area contributed by atoms with Crippen LogP contribution in [0.3, 0.4) is 0 Å². The number of nitrogens with zero attached hydrogens (tertiary/aromatic N) is 1. The molecule has 1 aromatic rings. The highest BCUT2D eigenvalue weighted by Crippen LogP contribution is 2.17. The molecular weight excluding hydrogens is 290 g/mol. The van der Waals surface area contributed by atoms with Gasteiger partial charge < -0.3 is 10.6 Å². The Hall–Kier alpha value is -1.91. The third-order valence-electron chi connectivity index (χ3n) is 4.22. The lowest BCUT2D eigenvalue weighted by Gasteiger charge is -2.22. The van der Waals surface area contributed by atoms with E-state index in [1.807, 2.05) is 0 Å². The summed E-state index contributed by atoms with van der Waals surface area (Å²) < 4.78 is 0. The van der Waals surface area contributed by atoms with Crippen LogP contribution in [0.5, 0.6) is 0 Å². The molecule has 5 heteroatoms. The smallest absolute Gasteiger partial charge is 0.270 e. The van der Waals surface area contributed by atoms with Gasteiger partial charge in [0.15, 0.2) is 0 Å². The maximum absolute atomic E-state index is 12.3. The van der Waals surface area contributed by atoms with Crippen LogP contribution in [0, 0.1) is 0 Å². The van der Waals surface area contributed by atoms with Crippen molar-refractivity contribution >= 4 is 11.8 Å². The Morgan fingerprint density at radius 3 is 2.48 bits per heavy atom. The number of pyridine rings is 1. The zero-order valence-corrected chi connectivity index (χ0v) is 13.9. The van der Waals surface area contributed by atoms with Crippen LogP contribution in [0.15, 0.2) is 18.2 Å². The van der Waals surface area contributed by atoms with Gasteiger partial charge in [-0.2, -0.15) is 0 Å². The SMILES string of the molecule is CCCCCNC(=O)c1cccc(C(=O)NC2CCCCC2)n1. The molecule has 0 atom stereocenters. The van der Waals surface area contributed by atoms with Gasteiger partial charge in [-0.05, 0) is 31.4 Å². The van der Waals surface area contributed by atoms with Crippen LogP contribution in [0.4, 0.5) is 0 Å². The van der Waals surface area contributed by atoms with Crippen LogP contribution in [0.1, 0.15) is 79.3 Å². The second-order valence-corrected chi connectivity index (χ2v) is 6.18. The molecule has 23 heavy (non-hydrogen) atoms. The van der Waals surface area contributed by atoms with Crippen LogP contribution < -0.4 is 10.6 Å². The van der Waals surface area contributed by atoms with Crippen molar-refractivity contribution in [2.75, 3.05) is 6.54 Å². The predicted octanol–water partition coefficient (Wildman–Crippen LogP) is 3.06. The van der Waals surface area contributed by atoms with Crippen molar-refractivity contribution < 1.29 is 9.59 Å². The first kappa shape index (κ1) is 17.4. The molecule has 0 bridgehead atoms. The van der Waals surface area contributed by atoms with Crippen LogP contribution >= 0.6 is 0 Å². The fraction of sp³-hybridized carbons (Fsp3) is 0.611. The number of rotatable bonds is 7. The summed E-state index contributed by atoms with van der Waals surface area (Å²) in [7, 11) is 0. The number of hydrogen-bond acceptors (Lipinski definition) is 3. The summed E-state index contributed by atoms with van der Waals surface area (Å²) >= 11 is 0. The molecule has 1 fully saturated rings. The first-order valence-corrected chi connectivity index (χ1v) is 8.77. The van der Waals surface area contributed by atoms with E-state index in [9.17, 15) is 9.59 Å². The van der Waals surface area contributed by atoms with Crippen molar-refractivity contribution in [2.45, 2.75) is 64.3 Å². The number of carbonyl (C=O) groups is 2. The number of amides is 2. The maximum Gasteiger partial charge on any atom is 0.270 e. The summed E-state index contributed by atoms with van der Waals surface area (Å²) in [5.74, 6) is -0.397. The Labute approximate surface area is 138 Å².